The average molecular weight is 511 g/mol. The van der Waals surface area contributed by atoms with Crippen molar-refractivity contribution in [3.8, 4) is 5.75 Å². The smallest absolute Gasteiger partial charge is 0.301 e. The maximum Gasteiger partial charge on any atom is 0.301 e. The number of hydrogen-bond donors (Lipinski definition) is 2. The summed E-state index contributed by atoms with van der Waals surface area (Å²) in [4.78, 5) is 37.7. The second kappa shape index (κ2) is 8.28. The van der Waals surface area contributed by atoms with Crippen LogP contribution in [0, 0.1) is 20.8 Å². The molecule has 6 rings (SSSR count). The highest BCUT2D eigenvalue weighted by Crippen LogP contribution is 2.45. The van der Waals surface area contributed by atoms with Crippen molar-refractivity contribution in [2.75, 3.05) is 4.90 Å². The van der Waals surface area contributed by atoms with Gasteiger partial charge in [-0.25, -0.2) is 9.97 Å². The number of benzene rings is 2. The van der Waals surface area contributed by atoms with Crippen LogP contribution in [0.15, 0.2) is 66.4 Å². The number of phenols is 1. The number of phenolic OH excluding ortho intramolecular Hbond substituents is 1. The lowest BCUT2D eigenvalue weighted by molar-refractivity contribution is -0.132. The summed E-state index contributed by atoms with van der Waals surface area (Å²) in [6.07, 6.45) is 1.74. The number of thiazole rings is 1. The van der Waals surface area contributed by atoms with Crippen LogP contribution in [-0.2, 0) is 9.59 Å². The highest BCUT2D eigenvalue weighted by atomic mass is 32.1. The van der Waals surface area contributed by atoms with Gasteiger partial charge in [-0.2, -0.15) is 0 Å². The first-order valence-electron chi connectivity index (χ1n) is 11.7. The fourth-order valence-electron chi connectivity index (χ4n) is 4.99. The zero-order valence-electron chi connectivity index (χ0n) is 20.3. The highest BCUT2D eigenvalue weighted by molar-refractivity contribution is 7.22. The molecule has 1 amide bonds. The Balaban J connectivity index is 1.62. The van der Waals surface area contributed by atoms with Crippen LogP contribution in [0.5, 0.6) is 5.75 Å². The Kier molecular flexibility index (Phi) is 5.13. The zero-order chi connectivity index (χ0) is 26.0. The molecule has 8 nitrogen and oxygen atoms in total. The predicted molar refractivity (Wildman–Crippen MR) is 142 cm³/mol. The van der Waals surface area contributed by atoms with Crippen LogP contribution in [0.25, 0.3) is 21.6 Å². The van der Waals surface area contributed by atoms with E-state index in [1.807, 2.05) is 32.0 Å². The van der Waals surface area contributed by atoms with Gasteiger partial charge in [-0.3, -0.25) is 18.9 Å². The molecule has 0 radical (unpaired) electrons. The van der Waals surface area contributed by atoms with Crippen LogP contribution >= 0.6 is 11.3 Å². The third-order valence-electron chi connectivity index (χ3n) is 6.61. The normalized spacial score (nSPS) is 17.4. The number of Topliss-reactive ketones (excluding diaryl/α,β-unsaturated/α-hetero) is 1. The number of aromatic hydroxyl groups is 1. The Morgan fingerprint density at radius 1 is 1.00 bits per heavy atom. The summed E-state index contributed by atoms with van der Waals surface area (Å²) in [5.74, 6) is -1.86. The van der Waals surface area contributed by atoms with Gasteiger partial charge in [-0.1, -0.05) is 35.6 Å². The molecule has 1 fully saturated rings. The van der Waals surface area contributed by atoms with E-state index in [0.717, 1.165) is 21.3 Å². The van der Waals surface area contributed by atoms with Crippen molar-refractivity contribution in [3.05, 3.63) is 94.4 Å². The molecule has 1 atom stereocenters. The molecular formula is C28H22N4O4S. The largest absolute Gasteiger partial charge is 0.508 e. The van der Waals surface area contributed by atoms with Gasteiger partial charge in [0.1, 0.15) is 17.1 Å². The van der Waals surface area contributed by atoms with Crippen molar-refractivity contribution in [3.63, 3.8) is 0 Å². The molecule has 1 aliphatic heterocycles. The van der Waals surface area contributed by atoms with E-state index in [4.69, 9.17) is 4.98 Å². The van der Waals surface area contributed by atoms with Crippen LogP contribution in [0.2, 0.25) is 0 Å². The van der Waals surface area contributed by atoms with Gasteiger partial charge >= 0.3 is 5.91 Å². The second-order valence-electron chi connectivity index (χ2n) is 9.16. The van der Waals surface area contributed by atoms with E-state index in [2.05, 4.69) is 4.98 Å². The van der Waals surface area contributed by atoms with Crippen LogP contribution in [0.3, 0.4) is 0 Å². The second-order valence-corrected chi connectivity index (χ2v) is 10.2. The van der Waals surface area contributed by atoms with Gasteiger partial charge < -0.3 is 10.2 Å². The molecule has 0 aliphatic carbocycles. The molecule has 4 heterocycles. The summed E-state index contributed by atoms with van der Waals surface area (Å²) >= 11 is 1.32. The minimum absolute atomic E-state index is 0.0458. The van der Waals surface area contributed by atoms with E-state index in [1.165, 1.54) is 28.4 Å². The lowest BCUT2D eigenvalue weighted by Gasteiger charge is -2.23. The fourth-order valence-corrected chi connectivity index (χ4v) is 6.16. The summed E-state index contributed by atoms with van der Waals surface area (Å²) in [5, 5.41) is 21.8. The number of anilines is 1. The van der Waals surface area contributed by atoms with Crippen LogP contribution in [0.4, 0.5) is 5.13 Å². The Labute approximate surface area is 215 Å². The number of pyridine rings is 1. The number of aromatic nitrogens is 3. The Hall–Kier alpha value is -4.50. The van der Waals surface area contributed by atoms with Gasteiger partial charge in [0.25, 0.3) is 5.78 Å². The van der Waals surface area contributed by atoms with Gasteiger partial charge in [0.2, 0.25) is 0 Å². The topological polar surface area (TPSA) is 108 Å². The van der Waals surface area contributed by atoms with E-state index >= 15 is 0 Å². The molecule has 9 heteroatoms. The number of aliphatic hydroxyl groups excluding tert-OH is 1. The summed E-state index contributed by atoms with van der Waals surface area (Å²) < 4.78 is 2.59. The fraction of sp³-hybridized carbons (Fsp3) is 0.143. The monoisotopic (exact) mass is 510 g/mol. The molecule has 37 heavy (non-hydrogen) atoms. The number of amides is 1. The van der Waals surface area contributed by atoms with Crippen molar-refractivity contribution < 1.29 is 19.8 Å². The molecule has 1 saturated heterocycles. The number of hydrogen-bond acceptors (Lipinski definition) is 7. The summed E-state index contributed by atoms with van der Waals surface area (Å²) in [5.41, 5.74) is 4.76. The minimum Gasteiger partial charge on any atom is -0.508 e. The number of nitrogens with zero attached hydrogens (tertiary/aromatic N) is 4. The Morgan fingerprint density at radius 2 is 1.76 bits per heavy atom. The Bertz CT molecular complexity index is 1780. The van der Waals surface area contributed by atoms with E-state index in [-0.39, 0.29) is 17.1 Å². The number of aryl methyl sites for hydroxylation is 3. The highest BCUT2D eigenvalue weighted by Gasteiger charge is 2.48. The third kappa shape index (κ3) is 3.50. The van der Waals surface area contributed by atoms with Crippen molar-refractivity contribution in [2.24, 2.45) is 0 Å². The van der Waals surface area contributed by atoms with Crippen molar-refractivity contribution in [1.82, 2.24) is 14.4 Å². The SMILES string of the molecule is Cc1cc(C)c2nc(N3C(=O)C(=O)/C(=C(/O)c4c(C)nc5ccccn45)C3c3ccc(O)cc3)sc2c1. The lowest BCUT2D eigenvalue weighted by Crippen LogP contribution is -2.29. The molecule has 0 bridgehead atoms. The number of imidazole rings is 1. The molecule has 184 valence electrons. The first-order valence-corrected chi connectivity index (χ1v) is 12.5. The van der Waals surface area contributed by atoms with Crippen molar-refractivity contribution in [2.45, 2.75) is 26.8 Å². The maximum absolute atomic E-state index is 13.5. The number of ketones is 1. The summed E-state index contributed by atoms with van der Waals surface area (Å²) in [6.45, 7) is 5.69. The van der Waals surface area contributed by atoms with E-state index in [0.29, 0.717) is 27.7 Å². The summed E-state index contributed by atoms with van der Waals surface area (Å²) in [6, 6.07) is 14.7. The Morgan fingerprint density at radius 3 is 2.51 bits per heavy atom. The van der Waals surface area contributed by atoms with Gasteiger partial charge in [0.15, 0.2) is 10.9 Å². The number of fused-ring (bicyclic) bond motifs is 2. The van der Waals surface area contributed by atoms with E-state index in [1.54, 1.807) is 41.8 Å². The first-order chi connectivity index (χ1) is 17.7. The number of carbonyl (C=O) groups excluding carboxylic acids is 2. The van der Waals surface area contributed by atoms with Gasteiger partial charge in [-0.15, -0.1) is 0 Å². The quantitative estimate of drug-likeness (QED) is 0.196. The number of aliphatic hydroxyl groups is 1. The molecule has 1 aliphatic rings. The predicted octanol–water partition coefficient (Wildman–Crippen LogP) is 5.20. The number of rotatable bonds is 3. The summed E-state index contributed by atoms with van der Waals surface area (Å²) in [7, 11) is 0. The van der Waals surface area contributed by atoms with Gasteiger partial charge in [-0.05, 0) is 67.8 Å². The van der Waals surface area contributed by atoms with E-state index in [9.17, 15) is 19.8 Å². The molecule has 0 saturated carbocycles. The molecule has 2 N–H and O–H groups in total. The van der Waals surface area contributed by atoms with Crippen LogP contribution in [-0.4, -0.2) is 36.3 Å². The van der Waals surface area contributed by atoms with Crippen molar-refractivity contribution >= 4 is 49.8 Å². The molecule has 3 aromatic heterocycles. The standard InChI is InChI=1S/C28H22N4O4S/c1-14-12-15(2)22-19(13-14)37-28(30-22)32-24(17-7-9-18(33)10-8-17)21(26(35)27(32)36)25(34)23-16(3)29-20-6-4-5-11-31(20)23/h4-13,24,33-34H,1-3H3/b25-21+. The van der Waals surface area contributed by atoms with Crippen LogP contribution in [0.1, 0.15) is 34.1 Å². The molecule has 2 aromatic carbocycles. The minimum atomic E-state index is -0.948. The molecule has 5 aromatic rings. The van der Waals surface area contributed by atoms with Crippen molar-refractivity contribution in [1.29, 1.82) is 0 Å². The first kappa shape index (κ1) is 22.9. The van der Waals surface area contributed by atoms with Crippen LogP contribution < -0.4 is 4.90 Å². The molecule has 1 unspecified atom stereocenters. The molecular weight excluding hydrogens is 488 g/mol. The maximum atomic E-state index is 13.5. The van der Waals surface area contributed by atoms with Gasteiger partial charge in [0, 0.05) is 6.20 Å². The van der Waals surface area contributed by atoms with Gasteiger partial charge in [0.05, 0.1) is 27.5 Å². The third-order valence-corrected chi connectivity index (χ3v) is 7.61. The lowest BCUT2D eigenvalue weighted by atomic mass is 9.96. The molecule has 0 spiro atoms. The average Bonchev–Trinajstić information content (AvgIpc) is 3.51. The van der Waals surface area contributed by atoms with E-state index < -0.39 is 17.7 Å². The number of carbonyl (C=O) groups is 2. The zero-order valence-corrected chi connectivity index (χ0v) is 21.1.